The molecule has 0 radical (unpaired) electrons. The van der Waals surface area contributed by atoms with Gasteiger partial charge in [0.1, 0.15) is 5.82 Å². The maximum atomic E-state index is 6.07. The number of benzene rings is 1. The van der Waals surface area contributed by atoms with Crippen LogP contribution in [0.5, 0.6) is 0 Å². The molecule has 0 aliphatic rings. The van der Waals surface area contributed by atoms with Crippen molar-refractivity contribution in [1.82, 2.24) is 9.36 Å². The van der Waals surface area contributed by atoms with Crippen LogP contribution in [0.4, 0.5) is 5.13 Å². The van der Waals surface area contributed by atoms with Gasteiger partial charge in [0.25, 0.3) is 0 Å². The predicted octanol–water partition coefficient (Wildman–Crippen LogP) is 4.02. The number of hydrogen-bond acceptors (Lipinski definition) is 4. The molecule has 0 spiro atoms. The van der Waals surface area contributed by atoms with E-state index >= 15 is 0 Å². The van der Waals surface area contributed by atoms with Gasteiger partial charge in [0.05, 0.1) is 0 Å². The second kappa shape index (κ2) is 5.67. The van der Waals surface area contributed by atoms with Gasteiger partial charge in [0, 0.05) is 34.5 Å². The van der Waals surface area contributed by atoms with E-state index in [-0.39, 0.29) is 0 Å². The second-order valence-corrected chi connectivity index (χ2v) is 5.05. The van der Waals surface area contributed by atoms with E-state index in [1.165, 1.54) is 11.5 Å². The Morgan fingerprint density at radius 2 is 2.18 bits per heavy atom. The molecule has 1 aromatic carbocycles. The molecule has 0 fully saturated rings. The van der Waals surface area contributed by atoms with Crippen molar-refractivity contribution >= 4 is 39.9 Å². The van der Waals surface area contributed by atoms with Crippen molar-refractivity contribution in [3.05, 3.63) is 39.6 Å². The third-order valence-electron chi connectivity index (χ3n) is 2.23. The molecule has 3 nitrogen and oxygen atoms in total. The highest BCUT2D eigenvalue weighted by molar-refractivity contribution is 7.09. The normalized spacial score (nSPS) is 10.5. The number of rotatable bonds is 4. The molecule has 2 aromatic rings. The van der Waals surface area contributed by atoms with Crippen molar-refractivity contribution < 1.29 is 0 Å². The number of hydrogen-bond donors (Lipinski definition) is 1. The fraction of sp³-hybridized carbons (Fsp3) is 0.273. The lowest BCUT2D eigenvalue weighted by Gasteiger charge is -2.05. The Hall–Kier alpha value is -0.840. The summed E-state index contributed by atoms with van der Waals surface area (Å²) in [5.74, 6) is 0.861. The summed E-state index contributed by atoms with van der Waals surface area (Å²) in [6, 6.07) is 5.46. The molecule has 0 atom stereocenters. The smallest absolute Gasteiger partial charge is 0.202 e. The zero-order chi connectivity index (χ0) is 12.3. The van der Waals surface area contributed by atoms with Gasteiger partial charge in [-0.1, -0.05) is 36.2 Å². The van der Waals surface area contributed by atoms with E-state index in [1.807, 2.05) is 19.1 Å². The molecule has 90 valence electrons. The Morgan fingerprint density at radius 3 is 2.82 bits per heavy atom. The minimum Gasteiger partial charge on any atom is -0.356 e. The van der Waals surface area contributed by atoms with Gasteiger partial charge < -0.3 is 5.32 Å². The van der Waals surface area contributed by atoms with E-state index in [2.05, 4.69) is 14.7 Å². The summed E-state index contributed by atoms with van der Waals surface area (Å²) in [5, 5.41) is 5.31. The van der Waals surface area contributed by atoms with Gasteiger partial charge in [-0.25, -0.2) is 4.98 Å². The molecule has 6 heteroatoms. The molecule has 2 rings (SSSR count). The fourth-order valence-corrected chi connectivity index (χ4v) is 2.43. The summed E-state index contributed by atoms with van der Waals surface area (Å²) in [6.07, 6.45) is 0.847. The van der Waals surface area contributed by atoms with Gasteiger partial charge >= 0.3 is 0 Å². The predicted molar refractivity (Wildman–Crippen MR) is 73.1 cm³/mol. The van der Waals surface area contributed by atoms with Crippen molar-refractivity contribution in [3.8, 4) is 0 Å². The fourth-order valence-electron chi connectivity index (χ4n) is 1.31. The molecule has 1 aromatic heterocycles. The average molecular weight is 288 g/mol. The largest absolute Gasteiger partial charge is 0.356 e. The molecule has 0 unspecified atom stereocenters. The van der Waals surface area contributed by atoms with Gasteiger partial charge in [0.2, 0.25) is 5.13 Å². The zero-order valence-electron chi connectivity index (χ0n) is 9.20. The molecule has 0 saturated heterocycles. The second-order valence-electron chi connectivity index (χ2n) is 3.46. The molecule has 17 heavy (non-hydrogen) atoms. The maximum absolute atomic E-state index is 6.07. The number of nitrogens with zero attached hydrogens (tertiary/aromatic N) is 2. The Morgan fingerprint density at radius 1 is 1.35 bits per heavy atom. The topological polar surface area (TPSA) is 37.8 Å². The van der Waals surface area contributed by atoms with Gasteiger partial charge in [-0.05, 0) is 17.7 Å². The lowest BCUT2D eigenvalue weighted by molar-refractivity contribution is 0.993. The van der Waals surface area contributed by atoms with E-state index in [4.69, 9.17) is 23.2 Å². The first-order valence-corrected chi connectivity index (χ1v) is 6.72. The molecular formula is C11H11Cl2N3S. The number of aromatic nitrogens is 2. The first-order chi connectivity index (χ1) is 8.19. The van der Waals surface area contributed by atoms with Crippen LogP contribution in [-0.4, -0.2) is 9.36 Å². The van der Waals surface area contributed by atoms with Crippen LogP contribution in [0.25, 0.3) is 0 Å². The first kappa shape index (κ1) is 12.6. The Kier molecular flexibility index (Phi) is 4.20. The van der Waals surface area contributed by atoms with Crippen LogP contribution in [0.15, 0.2) is 18.2 Å². The molecule has 1 N–H and O–H groups in total. The summed E-state index contributed by atoms with van der Waals surface area (Å²) in [6.45, 7) is 2.65. The quantitative estimate of drug-likeness (QED) is 0.923. The van der Waals surface area contributed by atoms with Crippen molar-refractivity contribution in [3.63, 3.8) is 0 Å². The average Bonchev–Trinajstić information content (AvgIpc) is 2.76. The van der Waals surface area contributed by atoms with Crippen LogP contribution in [0, 0.1) is 0 Å². The van der Waals surface area contributed by atoms with E-state index in [9.17, 15) is 0 Å². The van der Waals surface area contributed by atoms with Crippen LogP contribution >= 0.6 is 34.7 Å². The Balaban J connectivity index is 2.02. The van der Waals surface area contributed by atoms with Crippen LogP contribution < -0.4 is 5.32 Å². The summed E-state index contributed by atoms with van der Waals surface area (Å²) >= 11 is 13.3. The highest BCUT2D eigenvalue weighted by Crippen LogP contribution is 2.22. The van der Waals surface area contributed by atoms with Gasteiger partial charge in [-0.2, -0.15) is 4.37 Å². The van der Waals surface area contributed by atoms with Crippen molar-refractivity contribution in [1.29, 1.82) is 0 Å². The summed E-state index contributed by atoms with van der Waals surface area (Å²) < 4.78 is 4.20. The summed E-state index contributed by atoms with van der Waals surface area (Å²) in [5.41, 5.74) is 0.990. The lowest BCUT2D eigenvalue weighted by Crippen LogP contribution is -1.99. The van der Waals surface area contributed by atoms with Crippen molar-refractivity contribution in [2.24, 2.45) is 0 Å². The lowest BCUT2D eigenvalue weighted by atomic mass is 10.2. The first-order valence-electron chi connectivity index (χ1n) is 5.19. The van der Waals surface area contributed by atoms with Crippen LogP contribution in [0.2, 0.25) is 10.0 Å². The molecule has 0 amide bonds. The SMILES string of the molecule is CCc1nsc(NCc2ccc(Cl)cc2Cl)n1. The maximum Gasteiger partial charge on any atom is 0.202 e. The standard InChI is InChI=1S/C11H11Cl2N3S/c1-2-10-15-11(17-16-10)14-6-7-3-4-8(12)5-9(7)13/h3-5H,2,6H2,1H3,(H,14,15,16). The molecule has 0 aliphatic carbocycles. The Labute approximate surface area is 114 Å². The monoisotopic (exact) mass is 287 g/mol. The van der Waals surface area contributed by atoms with Crippen molar-refractivity contribution in [2.45, 2.75) is 19.9 Å². The van der Waals surface area contributed by atoms with Gasteiger partial charge in [-0.3, -0.25) is 0 Å². The van der Waals surface area contributed by atoms with E-state index in [0.717, 1.165) is 22.9 Å². The van der Waals surface area contributed by atoms with E-state index in [1.54, 1.807) is 6.07 Å². The molecule has 0 aliphatic heterocycles. The number of aryl methyl sites for hydroxylation is 1. The molecule has 0 saturated carbocycles. The Bertz CT molecular complexity index is 513. The highest BCUT2D eigenvalue weighted by Gasteiger charge is 2.04. The number of halogens is 2. The zero-order valence-corrected chi connectivity index (χ0v) is 11.5. The molecule has 1 heterocycles. The van der Waals surface area contributed by atoms with Gasteiger partial charge in [-0.15, -0.1) is 0 Å². The van der Waals surface area contributed by atoms with Crippen LogP contribution in [-0.2, 0) is 13.0 Å². The van der Waals surface area contributed by atoms with Gasteiger partial charge in [0.15, 0.2) is 0 Å². The minimum atomic E-state index is 0.619. The molecule has 0 bridgehead atoms. The van der Waals surface area contributed by atoms with E-state index in [0.29, 0.717) is 16.6 Å². The van der Waals surface area contributed by atoms with Crippen LogP contribution in [0.3, 0.4) is 0 Å². The third-order valence-corrected chi connectivity index (χ3v) is 3.53. The number of anilines is 1. The summed E-state index contributed by atoms with van der Waals surface area (Å²) in [4.78, 5) is 4.32. The van der Waals surface area contributed by atoms with Crippen molar-refractivity contribution in [2.75, 3.05) is 5.32 Å². The third kappa shape index (κ3) is 3.31. The minimum absolute atomic E-state index is 0.619. The summed E-state index contributed by atoms with van der Waals surface area (Å²) in [7, 11) is 0. The highest BCUT2D eigenvalue weighted by atomic mass is 35.5. The number of nitrogens with one attached hydrogen (secondary N) is 1. The van der Waals surface area contributed by atoms with E-state index < -0.39 is 0 Å². The molecular weight excluding hydrogens is 277 g/mol. The van der Waals surface area contributed by atoms with Crippen LogP contribution in [0.1, 0.15) is 18.3 Å².